The zero-order valence-electron chi connectivity index (χ0n) is 18.2. The Labute approximate surface area is 205 Å². The Hall–Kier alpha value is -1.95. The maximum atomic E-state index is 12.2. The lowest BCUT2D eigenvalue weighted by atomic mass is 10.1. The Bertz CT molecular complexity index is 822. The predicted octanol–water partition coefficient (Wildman–Crippen LogP) is 2.16. The van der Waals surface area contributed by atoms with Crippen LogP contribution < -0.4 is 15.5 Å². The molecule has 1 amide bonds. The number of piperazine rings is 1. The monoisotopic (exact) mass is 557 g/mol. The Balaban J connectivity index is 0.00000341. The molecule has 1 aliphatic heterocycles. The van der Waals surface area contributed by atoms with Crippen LogP contribution >= 0.6 is 35.5 Å². The van der Waals surface area contributed by atoms with Crippen LogP contribution in [-0.2, 0) is 17.6 Å². The molecule has 1 saturated heterocycles. The first-order valence-electron chi connectivity index (χ1n) is 10.6. The molecule has 0 radical (unpaired) electrons. The minimum Gasteiger partial charge on any atom is -0.357 e. The molecule has 0 saturated carbocycles. The molecule has 31 heavy (non-hydrogen) atoms. The van der Waals surface area contributed by atoms with Crippen LogP contribution in [0, 0.1) is 0 Å². The maximum absolute atomic E-state index is 12.2. The molecule has 1 aromatic carbocycles. The van der Waals surface area contributed by atoms with E-state index in [-0.39, 0.29) is 36.4 Å². The third kappa shape index (κ3) is 7.91. The van der Waals surface area contributed by atoms with Crippen molar-refractivity contribution in [1.82, 2.24) is 24.9 Å². The van der Waals surface area contributed by atoms with Gasteiger partial charge < -0.3 is 20.4 Å². The van der Waals surface area contributed by atoms with Crippen molar-refractivity contribution in [2.75, 3.05) is 50.7 Å². The van der Waals surface area contributed by atoms with Crippen molar-refractivity contribution in [3.63, 3.8) is 0 Å². The second-order valence-electron chi connectivity index (χ2n) is 7.08. The van der Waals surface area contributed by atoms with Gasteiger partial charge in [0.25, 0.3) is 0 Å². The van der Waals surface area contributed by atoms with Gasteiger partial charge in [0.15, 0.2) is 5.96 Å². The molecule has 0 atom stereocenters. The third-order valence-electron chi connectivity index (χ3n) is 4.91. The van der Waals surface area contributed by atoms with Gasteiger partial charge in [-0.1, -0.05) is 37.3 Å². The number of rotatable bonds is 8. The summed E-state index contributed by atoms with van der Waals surface area (Å²) in [4.78, 5) is 25.8. The number of amides is 1. The highest BCUT2D eigenvalue weighted by Gasteiger charge is 2.22. The molecule has 1 aliphatic rings. The number of anilines is 1. The van der Waals surface area contributed by atoms with Crippen LogP contribution in [0.1, 0.15) is 25.2 Å². The van der Waals surface area contributed by atoms with Crippen molar-refractivity contribution in [3.05, 3.63) is 41.7 Å². The van der Waals surface area contributed by atoms with E-state index in [1.807, 2.05) is 25.1 Å². The van der Waals surface area contributed by atoms with Crippen molar-refractivity contribution in [2.45, 2.75) is 26.7 Å². The lowest BCUT2D eigenvalue weighted by molar-refractivity contribution is -0.119. The maximum Gasteiger partial charge on any atom is 0.241 e. The fourth-order valence-electron chi connectivity index (χ4n) is 3.25. The first-order chi connectivity index (χ1) is 14.7. The summed E-state index contributed by atoms with van der Waals surface area (Å²) in [6, 6.07) is 10.2. The lowest BCUT2D eigenvalue weighted by Gasteiger charge is -2.36. The first kappa shape index (κ1) is 25.3. The van der Waals surface area contributed by atoms with Gasteiger partial charge in [0, 0.05) is 57.2 Å². The van der Waals surface area contributed by atoms with Crippen LogP contribution in [0.3, 0.4) is 0 Å². The normalized spacial score (nSPS) is 14.2. The number of carbonyl (C=O) groups is 1. The summed E-state index contributed by atoms with van der Waals surface area (Å²) >= 11 is 1.47. The number of aromatic nitrogens is 2. The molecule has 0 bridgehead atoms. The van der Waals surface area contributed by atoms with Crippen molar-refractivity contribution in [2.24, 2.45) is 4.99 Å². The molecule has 0 aliphatic carbocycles. The predicted molar refractivity (Wildman–Crippen MR) is 138 cm³/mol. The Kier molecular flexibility index (Phi) is 11.0. The van der Waals surface area contributed by atoms with Crippen LogP contribution in [0.15, 0.2) is 35.3 Å². The second-order valence-corrected chi connectivity index (χ2v) is 7.81. The van der Waals surface area contributed by atoms with Gasteiger partial charge in [-0.05, 0) is 18.9 Å². The van der Waals surface area contributed by atoms with Crippen molar-refractivity contribution in [3.8, 4) is 0 Å². The van der Waals surface area contributed by atoms with E-state index in [1.165, 1.54) is 17.1 Å². The van der Waals surface area contributed by atoms with Crippen LogP contribution in [0.2, 0.25) is 0 Å². The zero-order valence-corrected chi connectivity index (χ0v) is 21.4. The van der Waals surface area contributed by atoms with E-state index in [4.69, 9.17) is 0 Å². The molecular weight excluding hydrogens is 525 g/mol. The van der Waals surface area contributed by atoms with Crippen molar-refractivity contribution >= 4 is 52.5 Å². The molecule has 2 N–H and O–H groups in total. The molecule has 3 rings (SSSR count). The zero-order chi connectivity index (χ0) is 21.2. The average Bonchev–Trinajstić information content (AvgIpc) is 3.27. The molecule has 0 unspecified atom stereocenters. The Morgan fingerprint density at radius 3 is 2.52 bits per heavy atom. The van der Waals surface area contributed by atoms with E-state index >= 15 is 0 Å². The fraction of sp³-hybridized carbons (Fsp3) is 0.524. The largest absolute Gasteiger partial charge is 0.357 e. The molecule has 0 spiro atoms. The highest BCUT2D eigenvalue weighted by molar-refractivity contribution is 14.0. The summed E-state index contributed by atoms with van der Waals surface area (Å²) in [5.74, 6) is 1.65. The molecule has 10 heteroatoms. The van der Waals surface area contributed by atoms with Gasteiger partial charge in [-0.2, -0.15) is 4.37 Å². The number of carbonyl (C=O) groups excluding carboxylic acids is 1. The van der Waals surface area contributed by atoms with Gasteiger partial charge in [-0.15, -0.1) is 24.0 Å². The van der Waals surface area contributed by atoms with Crippen LogP contribution in [-0.4, -0.2) is 71.9 Å². The van der Waals surface area contributed by atoms with Crippen LogP contribution in [0.5, 0.6) is 0 Å². The standard InChI is InChI=1S/C21H31N7OS.HI/c1-3-18-25-21(30-26-18)28-14-12-27(13-15-28)20(22-4-2)24-16-19(29)23-11-10-17-8-6-5-7-9-17;/h5-9H,3-4,10-16H2,1-2H3,(H,22,24)(H,23,29);1H. The molecule has 170 valence electrons. The fourth-order valence-corrected chi connectivity index (χ4v) is 4.05. The van der Waals surface area contributed by atoms with Gasteiger partial charge in [0.05, 0.1) is 0 Å². The average molecular weight is 558 g/mol. The van der Waals surface area contributed by atoms with Gasteiger partial charge in [-0.3, -0.25) is 4.79 Å². The van der Waals surface area contributed by atoms with Crippen molar-refractivity contribution < 1.29 is 4.79 Å². The Morgan fingerprint density at radius 1 is 1.13 bits per heavy atom. The quantitative estimate of drug-likeness (QED) is 0.294. The lowest BCUT2D eigenvalue weighted by Crippen LogP contribution is -2.52. The summed E-state index contributed by atoms with van der Waals surface area (Å²) in [7, 11) is 0. The number of hydrogen-bond donors (Lipinski definition) is 2. The van der Waals surface area contributed by atoms with E-state index in [9.17, 15) is 4.79 Å². The second kappa shape index (κ2) is 13.5. The van der Waals surface area contributed by atoms with E-state index in [0.717, 1.165) is 62.5 Å². The molecule has 8 nitrogen and oxygen atoms in total. The number of hydrogen-bond acceptors (Lipinski definition) is 6. The van der Waals surface area contributed by atoms with E-state index in [1.54, 1.807) is 0 Å². The van der Waals surface area contributed by atoms with Gasteiger partial charge >= 0.3 is 0 Å². The van der Waals surface area contributed by atoms with E-state index in [0.29, 0.717) is 6.54 Å². The Morgan fingerprint density at radius 2 is 1.87 bits per heavy atom. The number of benzene rings is 1. The first-order valence-corrected chi connectivity index (χ1v) is 11.4. The molecule has 2 heterocycles. The van der Waals surface area contributed by atoms with Gasteiger partial charge in [0.2, 0.25) is 11.0 Å². The molecular formula is C21H32IN7OS. The highest BCUT2D eigenvalue weighted by Crippen LogP contribution is 2.19. The summed E-state index contributed by atoms with van der Waals surface area (Å²) in [5.41, 5.74) is 1.22. The smallest absolute Gasteiger partial charge is 0.241 e. The topological polar surface area (TPSA) is 85.8 Å². The number of guanidine groups is 1. The minimum atomic E-state index is -0.0547. The third-order valence-corrected chi connectivity index (χ3v) is 5.72. The SMILES string of the molecule is CCNC(=NCC(=O)NCCc1ccccc1)N1CCN(c2nc(CC)ns2)CC1.I. The number of halogens is 1. The van der Waals surface area contributed by atoms with Crippen LogP contribution in [0.4, 0.5) is 5.13 Å². The molecule has 1 fully saturated rings. The summed E-state index contributed by atoms with van der Waals surface area (Å²) in [5, 5.41) is 7.25. The van der Waals surface area contributed by atoms with E-state index < -0.39 is 0 Å². The summed E-state index contributed by atoms with van der Waals surface area (Å²) in [6.07, 6.45) is 1.69. The number of nitrogens with one attached hydrogen (secondary N) is 2. The van der Waals surface area contributed by atoms with Crippen molar-refractivity contribution in [1.29, 1.82) is 0 Å². The molecule has 1 aromatic heterocycles. The summed E-state index contributed by atoms with van der Waals surface area (Å²) < 4.78 is 4.38. The number of aryl methyl sites for hydroxylation is 1. The summed E-state index contributed by atoms with van der Waals surface area (Å²) in [6.45, 7) is 9.04. The van der Waals surface area contributed by atoms with Gasteiger partial charge in [0.1, 0.15) is 12.4 Å². The highest BCUT2D eigenvalue weighted by atomic mass is 127. The number of aliphatic imine (C=N–C) groups is 1. The molecule has 2 aromatic rings. The number of nitrogens with zero attached hydrogens (tertiary/aromatic N) is 5. The van der Waals surface area contributed by atoms with Crippen LogP contribution in [0.25, 0.3) is 0 Å². The minimum absolute atomic E-state index is 0. The van der Waals surface area contributed by atoms with Gasteiger partial charge in [-0.25, -0.2) is 9.98 Å². The van der Waals surface area contributed by atoms with E-state index in [2.05, 4.69) is 53.8 Å².